The Morgan fingerprint density at radius 2 is 2.25 bits per heavy atom. The molecule has 1 aromatic rings. The highest BCUT2D eigenvalue weighted by molar-refractivity contribution is 5.78. The number of aryl methyl sites for hydroxylation is 1. The molecule has 0 atom stereocenters. The minimum Gasteiger partial charge on any atom is -0.398 e. The van der Waals surface area contributed by atoms with Gasteiger partial charge in [-0.1, -0.05) is 0 Å². The van der Waals surface area contributed by atoms with E-state index in [-0.39, 0.29) is 5.91 Å². The molecule has 0 aromatic carbocycles. The van der Waals surface area contributed by atoms with Crippen LogP contribution in [0.5, 0.6) is 0 Å². The number of pyridine rings is 1. The lowest BCUT2D eigenvalue weighted by atomic mass is 10.1. The van der Waals surface area contributed by atoms with E-state index in [0.29, 0.717) is 13.0 Å². The molecule has 4 heteroatoms. The van der Waals surface area contributed by atoms with Crippen LogP contribution in [-0.2, 0) is 11.3 Å². The van der Waals surface area contributed by atoms with Gasteiger partial charge in [-0.2, -0.15) is 0 Å². The standard InChI is InChI=1S/C12H17N3O/c1-8-6-14-10(9(2)12(8)13)7-15-5-3-4-11(15)16/h6H,3-5,7H2,1-2H3,(H2,13,14). The second-order valence-corrected chi connectivity index (χ2v) is 4.35. The number of carbonyl (C=O) groups is 1. The van der Waals surface area contributed by atoms with Gasteiger partial charge in [-0.25, -0.2) is 0 Å². The number of likely N-dealkylation sites (tertiary alicyclic amines) is 1. The van der Waals surface area contributed by atoms with Crippen LogP contribution in [0, 0.1) is 13.8 Å². The van der Waals surface area contributed by atoms with Gasteiger partial charge in [0.1, 0.15) is 0 Å². The summed E-state index contributed by atoms with van der Waals surface area (Å²) in [5.41, 5.74) is 9.65. The summed E-state index contributed by atoms with van der Waals surface area (Å²) in [6, 6.07) is 0. The van der Waals surface area contributed by atoms with E-state index in [1.165, 1.54) is 0 Å². The molecule has 2 heterocycles. The van der Waals surface area contributed by atoms with Crippen molar-refractivity contribution in [3.63, 3.8) is 0 Å². The highest BCUT2D eigenvalue weighted by Gasteiger charge is 2.21. The fraction of sp³-hybridized carbons (Fsp3) is 0.500. The lowest BCUT2D eigenvalue weighted by molar-refractivity contribution is -0.128. The van der Waals surface area contributed by atoms with Crippen LogP contribution in [0.3, 0.4) is 0 Å². The molecule has 16 heavy (non-hydrogen) atoms. The predicted octanol–water partition coefficient (Wildman–Crippen LogP) is 1.40. The number of rotatable bonds is 2. The van der Waals surface area contributed by atoms with Crippen molar-refractivity contribution in [2.75, 3.05) is 12.3 Å². The Morgan fingerprint density at radius 3 is 2.88 bits per heavy atom. The normalized spacial score (nSPS) is 15.9. The number of hydrogen-bond donors (Lipinski definition) is 1. The molecule has 1 aliphatic heterocycles. The molecule has 86 valence electrons. The first-order valence-electron chi connectivity index (χ1n) is 5.58. The second-order valence-electron chi connectivity index (χ2n) is 4.35. The molecule has 0 spiro atoms. The Morgan fingerprint density at radius 1 is 1.50 bits per heavy atom. The van der Waals surface area contributed by atoms with Crippen molar-refractivity contribution in [2.45, 2.75) is 33.2 Å². The average molecular weight is 219 g/mol. The summed E-state index contributed by atoms with van der Waals surface area (Å²) in [6.45, 7) is 5.34. The zero-order chi connectivity index (χ0) is 11.7. The lowest BCUT2D eigenvalue weighted by Gasteiger charge is -2.17. The van der Waals surface area contributed by atoms with E-state index in [1.54, 1.807) is 6.20 Å². The molecule has 2 N–H and O–H groups in total. The smallest absolute Gasteiger partial charge is 0.222 e. The van der Waals surface area contributed by atoms with Gasteiger partial charge in [0.25, 0.3) is 0 Å². The van der Waals surface area contributed by atoms with E-state index in [4.69, 9.17) is 5.73 Å². The van der Waals surface area contributed by atoms with Gasteiger partial charge in [0.2, 0.25) is 5.91 Å². The van der Waals surface area contributed by atoms with Gasteiger partial charge in [-0.3, -0.25) is 9.78 Å². The zero-order valence-corrected chi connectivity index (χ0v) is 9.79. The lowest BCUT2D eigenvalue weighted by Crippen LogP contribution is -2.25. The molecule has 0 unspecified atom stereocenters. The zero-order valence-electron chi connectivity index (χ0n) is 9.79. The summed E-state index contributed by atoms with van der Waals surface area (Å²) in [6.07, 6.45) is 3.40. The largest absolute Gasteiger partial charge is 0.398 e. The molecule has 0 radical (unpaired) electrons. The summed E-state index contributed by atoms with van der Waals surface area (Å²) < 4.78 is 0. The maximum absolute atomic E-state index is 11.5. The summed E-state index contributed by atoms with van der Waals surface area (Å²) in [5, 5.41) is 0. The molecule has 0 saturated carbocycles. The van der Waals surface area contributed by atoms with Crippen molar-refractivity contribution in [3.8, 4) is 0 Å². The Balaban J connectivity index is 2.22. The Bertz CT molecular complexity index is 429. The van der Waals surface area contributed by atoms with Crippen molar-refractivity contribution >= 4 is 11.6 Å². The third-order valence-electron chi connectivity index (χ3n) is 3.19. The summed E-state index contributed by atoms with van der Waals surface area (Å²) in [4.78, 5) is 17.7. The number of amides is 1. The molecule has 0 bridgehead atoms. The van der Waals surface area contributed by atoms with Gasteiger partial charge in [0.05, 0.1) is 12.2 Å². The Hall–Kier alpha value is -1.58. The van der Waals surface area contributed by atoms with E-state index in [1.807, 2.05) is 18.7 Å². The number of hydrogen-bond acceptors (Lipinski definition) is 3. The van der Waals surface area contributed by atoms with Crippen molar-refractivity contribution in [3.05, 3.63) is 23.0 Å². The number of carbonyl (C=O) groups excluding carboxylic acids is 1. The predicted molar refractivity (Wildman–Crippen MR) is 62.8 cm³/mol. The molecule has 1 aliphatic rings. The van der Waals surface area contributed by atoms with Gasteiger partial charge in [-0.05, 0) is 31.4 Å². The van der Waals surface area contributed by atoms with Gasteiger partial charge in [-0.15, -0.1) is 0 Å². The maximum Gasteiger partial charge on any atom is 0.222 e. The third kappa shape index (κ3) is 1.87. The molecule has 0 aliphatic carbocycles. The van der Waals surface area contributed by atoms with Crippen LogP contribution in [0.25, 0.3) is 0 Å². The van der Waals surface area contributed by atoms with E-state index in [2.05, 4.69) is 4.98 Å². The molecule has 2 rings (SSSR count). The molecule has 1 fully saturated rings. The van der Waals surface area contributed by atoms with Gasteiger partial charge >= 0.3 is 0 Å². The van der Waals surface area contributed by atoms with Crippen molar-refractivity contribution in [2.24, 2.45) is 0 Å². The SMILES string of the molecule is Cc1cnc(CN2CCCC2=O)c(C)c1N. The quantitative estimate of drug-likeness (QED) is 0.818. The minimum atomic E-state index is 0.223. The Kier molecular flexibility index (Phi) is 2.81. The van der Waals surface area contributed by atoms with Crippen molar-refractivity contribution < 1.29 is 4.79 Å². The van der Waals surface area contributed by atoms with E-state index >= 15 is 0 Å². The summed E-state index contributed by atoms with van der Waals surface area (Å²) in [5.74, 6) is 0.223. The molecular formula is C12H17N3O. The van der Waals surface area contributed by atoms with Crippen LogP contribution in [0.1, 0.15) is 29.7 Å². The summed E-state index contributed by atoms with van der Waals surface area (Å²) in [7, 11) is 0. The Labute approximate surface area is 95.5 Å². The molecule has 4 nitrogen and oxygen atoms in total. The third-order valence-corrected chi connectivity index (χ3v) is 3.19. The highest BCUT2D eigenvalue weighted by Crippen LogP contribution is 2.21. The van der Waals surface area contributed by atoms with Crippen LogP contribution in [0.15, 0.2) is 6.20 Å². The number of aromatic nitrogens is 1. The first-order valence-corrected chi connectivity index (χ1v) is 5.58. The maximum atomic E-state index is 11.5. The minimum absolute atomic E-state index is 0.223. The number of anilines is 1. The van der Waals surface area contributed by atoms with Crippen LogP contribution >= 0.6 is 0 Å². The average Bonchev–Trinajstić information content (AvgIpc) is 2.65. The molecule has 1 amide bonds. The van der Waals surface area contributed by atoms with Crippen LogP contribution in [-0.4, -0.2) is 22.3 Å². The first-order chi connectivity index (χ1) is 7.59. The summed E-state index contributed by atoms with van der Waals surface area (Å²) >= 11 is 0. The number of nitrogen functional groups attached to an aromatic ring is 1. The molecule has 1 aromatic heterocycles. The fourth-order valence-electron chi connectivity index (χ4n) is 2.00. The van der Waals surface area contributed by atoms with Crippen molar-refractivity contribution in [1.82, 2.24) is 9.88 Å². The number of nitrogens with zero attached hydrogens (tertiary/aromatic N) is 2. The van der Waals surface area contributed by atoms with Crippen LogP contribution in [0.4, 0.5) is 5.69 Å². The van der Waals surface area contributed by atoms with Crippen LogP contribution < -0.4 is 5.73 Å². The monoisotopic (exact) mass is 219 g/mol. The van der Waals surface area contributed by atoms with Gasteiger partial charge in [0.15, 0.2) is 0 Å². The van der Waals surface area contributed by atoms with E-state index in [9.17, 15) is 4.79 Å². The van der Waals surface area contributed by atoms with E-state index in [0.717, 1.165) is 35.5 Å². The van der Waals surface area contributed by atoms with Crippen LogP contribution in [0.2, 0.25) is 0 Å². The number of nitrogens with two attached hydrogens (primary N) is 1. The fourth-order valence-corrected chi connectivity index (χ4v) is 2.00. The second kappa shape index (κ2) is 4.12. The molecule has 1 saturated heterocycles. The van der Waals surface area contributed by atoms with E-state index < -0.39 is 0 Å². The first kappa shape index (κ1) is 10.9. The van der Waals surface area contributed by atoms with Gasteiger partial charge < -0.3 is 10.6 Å². The topological polar surface area (TPSA) is 59.2 Å². The molecular weight excluding hydrogens is 202 g/mol. The highest BCUT2D eigenvalue weighted by atomic mass is 16.2. The van der Waals surface area contributed by atoms with Gasteiger partial charge in [0, 0.05) is 24.8 Å². The van der Waals surface area contributed by atoms with Crippen molar-refractivity contribution in [1.29, 1.82) is 0 Å².